The molecule has 1 aliphatic heterocycles. The summed E-state index contributed by atoms with van der Waals surface area (Å²) in [6, 6.07) is 4.07. The minimum atomic E-state index is -0.588. The number of amides is 2. The van der Waals surface area contributed by atoms with E-state index < -0.39 is 5.82 Å². The molecule has 0 aliphatic carbocycles. The lowest BCUT2D eigenvalue weighted by atomic mass is 10.1. The van der Waals surface area contributed by atoms with Gasteiger partial charge in [0.15, 0.2) is 0 Å². The van der Waals surface area contributed by atoms with Gasteiger partial charge in [-0.15, -0.1) is 0 Å². The van der Waals surface area contributed by atoms with Crippen molar-refractivity contribution < 1.29 is 14.0 Å². The summed E-state index contributed by atoms with van der Waals surface area (Å²) < 4.78 is 13.4. The molecule has 1 fully saturated rings. The Labute approximate surface area is 123 Å². The van der Waals surface area contributed by atoms with E-state index in [9.17, 15) is 14.0 Å². The van der Waals surface area contributed by atoms with Gasteiger partial charge in [0.1, 0.15) is 5.82 Å². The number of nitrogens with two attached hydrogens (primary N) is 1. The summed E-state index contributed by atoms with van der Waals surface area (Å²) in [4.78, 5) is 27.6. The van der Waals surface area contributed by atoms with Crippen LogP contribution in [-0.4, -0.2) is 47.8 Å². The highest BCUT2D eigenvalue weighted by Gasteiger charge is 2.26. The largest absolute Gasteiger partial charge is 0.396 e. The predicted molar refractivity (Wildman–Crippen MR) is 78.1 cm³/mol. The first-order chi connectivity index (χ1) is 9.90. The van der Waals surface area contributed by atoms with E-state index >= 15 is 0 Å². The van der Waals surface area contributed by atoms with Crippen LogP contribution in [0.5, 0.6) is 0 Å². The van der Waals surface area contributed by atoms with E-state index in [-0.39, 0.29) is 29.0 Å². The number of hydrogen-bond acceptors (Lipinski definition) is 3. The van der Waals surface area contributed by atoms with Crippen LogP contribution in [0.4, 0.5) is 10.1 Å². The minimum absolute atomic E-state index is 0.0268. The van der Waals surface area contributed by atoms with Crippen molar-refractivity contribution in [2.45, 2.75) is 13.8 Å². The van der Waals surface area contributed by atoms with Gasteiger partial charge in [-0.05, 0) is 18.2 Å². The molecule has 5 nitrogen and oxygen atoms in total. The number of halogens is 1. The van der Waals surface area contributed by atoms with E-state index in [0.717, 1.165) is 6.07 Å². The summed E-state index contributed by atoms with van der Waals surface area (Å²) >= 11 is 0. The van der Waals surface area contributed by atoms with Crippen molar-refractivity contribution in [1.82, 2.24) is 9.80 Å². The lowest BCUT2D eigenvalue weighted by Crippen LogP contribution is -2.51. The fourth-order valence-electron chi connectivity index (χ4n) is 2.34. The average molecular weight is 293 g/mol. The highest BCUT2D eigenvalue weighted by Crippen LogP contribution is 2.15. The molecule has 114 valence electrons. The molecule has 0 radical (unpaired) electrons. The topological polar surface area (TPSA) is 66.6 Å². The molecule has 1 aromatic carbocycles. The second-order valence-corrected chi connectivity index (χ2v) is 5.51. The molecule has 1 heterocycles. The van der Waals surface area contributed by atoms with Crippen LogP contribution in [0.15, 0.2) is 18.2 Å². The number of carbonyl (C=O) groups excluding carboxylic acids is 2. The molecule has 0 atom stereocenters. The predicted octanol–water partition coefficient (Wildman–Crippen LogP) is 1.35. The van der Waals surface area contributed by atoms with Crippen molar-refractivity contribution in [3.05, 3.63) is 29.6 Å². The highest BCUT2D eigenvalue weighted by atomic mass is 19.1. The maximum absolute atomic E-state index is 13.4. The molecule has 2 rings (SSSR count). The normalized spacial score (nSPS) is 15.4. The van der Waals surface area contributed by atoms with Crippen molar-refractivity contribution in [2.24, 2.45) is 5.92 Å². The van der Waals surface area contributed by atoms with Gasteiger partial charge >= 0.3 is 0 Å². The first-order valence-electron chi connectivity index (χ1n) is 7.03. The maximum Gasteiger partial charge on any atom is 0.254 e. The van der Waals surface area contributed by atoms with Crippen LogP contribution in [0, 0.1) is 11.7 Å². The fraction of sp³-hybridized carbons (Fsp3) is 0.467. The van der Waals surface area contributed by atoms with Crippen LogP contribution in [0.2, 0.25) is 0 Å². The van der Waals surface area contributed by atoms with E-state index in [2.05, 4.69) is 0 Å². The van der Waals surface area contributed by atoms with Crippen molar-refractivity contribution in [1.29, 1.82) is 0 Å². The Bertz CT molecular complexity index is 552. The van der Waals surface area contributed by atoms with E-state index in [1.807, 2.05) is 13.8 Å². The minimum Gasteiger partial charge on any atom is -0.396 e. The second-order valence-electron chi connectivity index (χ2n) is 5.51. The van der Waals surface area contributed by atoms with Gasteiger partial charge < -0.3 is 15.5 Å². The van der Waals surface area contributed by atoms with Gasteiger partial charge in [-0.25, -0.2) is 4.39 Å². The lowest BCUT2D eigenvalue weighted by Gasteiger charge is -2.35. The zero-order valence-corrected chi connectivity index (χ0v) is 12.3. The Kier molecular flexibility index (Phi) is 4.45. The fourth-order valence-corrected chi connectivity index (χ4v) is 2.34. The lowest BCUT2D eigenvalue weighted by molar-refractivity contribution is -0.135. The molecule has 0 spiro atoms. The van der Waals surface area contributed by atoms with Crippen LogP contribution in [0.1, 0.15) is 24.2 Å². The number of hydrogen-bond donors (Lipinski definition) is 1. The maximum atomic E-state index is 13.4. The van der Waals surface area contributed by atoms with Gasteiger partial charge in [-0.1, -0.05) is 13.8 Å². The van der Waals surface area contributed by atoms with E-state index in [1.165, 1.54) is 12.1 Å². The smallest absolute Gasteiger partial charge is 0.254 e. The Balaban J connectivity index is 2.00. The summed E-state index contributed by atoms with van der Waals surface area (Å²) in [7, 11) is 0. The molecule has 0 aromatic heterocycles. The number of nitrogen functional groups attached to an aromatic ring is 1. The quantitative estimate of drug-likeness (QED) is 0.837. The van der Waals surface area contributed by atoms with E-state index in [1.54, 1.807) is 9.80 Å². The molecule has 1 aliphatic rings. The van der Waals surface area contributed by atoms with Gasteiger partial charge in [0.05, 0.1) is 5.69 Å². The number of benzene rings is 1. The number of anilines is 1. The monoisotopic (exact) mass is 293 g/mol. The second kappa shape index (κ2) is 6.11. The van der Waals surface area contributed by atoms with Crippen LogP contribution >= 0.6 is 0 Å². The van der Waals surface area contributed by atoms with E-state index in [4.69, 9.17) is 5.73 Å². The van der Waals surface area contributed by atoms with Gasteiger partial charge in [0.25, 0.3) is 5.91 Å². The molecule has 6 heteroatoms. The van der Waals surface area contributed by atoms with Gasteiger partial charge in [0, 0.05) is 37.7 Å². The van der Waals surface area contributed by atoms with Crippen molar-refractivity contribution in [2.75, 3.05) is 31.9 Å². The van der Waals surface area contributed by atoms with Crippen LogP contribution < -0.4 is 5.73 Å². The van der Waals surface area contributed by atoms with Crippen molar-refractivity contribution >= 4 is 17.5 Å². The van der Waals surface area contributed by atoms with Crippen LogP contribution in [0.25, 0.3) is 0 Å². The molecule has 0 saturated carbocycles. The summed E-state index contributed by atoms with van der Waals surface area (Å²) in [6.45, 7) is 5.67. The van der Waals surface area contributed by atoms with Gasteiger partial charge in [0.2, 0.25) is 5.91 Å². The summed E-state index contributed by atoms with van der Waals surface area (Å²) in [5.74, 6) is -0.765. The molecule has 0 bridgehead atoms. The Hall–Kier alpha value is -2.11. The average Bonchev–Trinajstić information content (AvgIpc) is 2.48. The van der Waals surface area contributed by atoms with E-state index in [0.29, 0.717) is 26.2 Å². The summed E-state index contributed by atoms with van der Waals surface area (Å²) in [5, 5.41) is 0. The molecule has 21 heavy (non-hydrogen) atoms. The summed E-state index contributed by atoms with van der Waals surface area (Å²) in [6.07, 6.45) is 0. The Morgan fingerprint density at radius 2 is 1.71 bits per heavy atom. The first kappa shape index (κ1) is 15.3. The zero-order valence-electron chi connectivity index (χ0n) is 12.3. The molecular formula is C15H20FN3O2. The first-order valence-corrected chi connectivity index (χ1v) is 7.03. The van der Waals surface area contributed by atoms with Crippen LogP contribution in [-0.2, 0) is 4.79 Å². The van der Waals surface area contributed by atoms with Crippen molar-refractivity contribution in [3.8, 4) is 0 Å². The van der Waals surface area contributed by atoms with Crippen molar-refractivity contribution in [3.63, 3.8) is 0 Å². The number of rotatable bonds is 2. The zero-order chi connectivity index (χ0) is 15.6. The molecule has 1 aromatic rings. The number of piperazine rings is 1. The summed E-state index contributed by atoms with van der Waals surface area (Å²) in [5.41, 5.74) is 5.71. The molecular weight excluding hydrogens is 273 g/mol. The van der Waals surface area contributed by atoms with Gasteiger partial charge in [-0.2, -0.15) is 0 Å². The third kappa shape index (κ3) is 3.32. The number of carbonyl (C=O) groups is 2. The highest BCUT2D eigenvalue weighted by molar-refractivity contribution is 5.94. The van der Waals surface area contributed by atoms with Gasteiger partial charge in [-0.3, -0.25) is 9.59 Å². The SMILES string of the molecule is CC(C)C(=O)N1CCN(C(=O)c2ccc(N)c(F)c2)CC1. The third-order valence-electron chi connectivity index (χ3n) is 3.62. The van der Waals surface area contributed by atoms with Crippen LogP contribution in [0.3, 0.4) is 0 Å². The Morgan fingerprint density at radius 3 is 2.24 bits per heavy atom. The molecule has 1 saturated heterocycles. The molecule has 0 unspecified atom stereocenters. The molecule has 2 N–H and O–H groups in total. The standard InChI is InChI=1S/C15H20FN3O2/c1-10(2)14(20)18-5-7-19(8-6-18)15(21)11-3-4-13(17)12(16)9-11/h3-4,9-10H,5-8,17H2,1-2H3. The Morgan fingerprint density at radius 1 is 1.14 bits per heavy atom. The third-order valence-corrected chi connectivity index (χ3v) is 3.62. The number of nitrogens with zero attached hydrogens (tertiary/aromatic N) is 2. The molecule has 2 amide bonds.